The molecular formula is C24H27Cl2N3O3. The van der Waals surface area contributed by atoms with E-state index >= 15 is 0 Å². The first-order valence-electron chi connectivity index (χ1n) is 10.8. The summed E-state index contributed by atoms with van der Waals surface area (Å²) in [5.41, 5.74) is 2.58. The number of nitrogens with zero attached hydrogens (tertiary/aromatic N) is 3. The number of aryl methyl sites for hydroxylation is 1. The van der Waals surface area contributed by atoms with Crippen molar-refractivity contribution in [2.24, 2.45) is 5.92 Å². The van der Waals surface area contributed by atoms with Gasteiger partial charge < -0.3 is 14.4 Å². The standard InChI is InChI=1S/C24H27Cl2N3O3/c1-32-18-13-22-21(27-14-18)6-7-24(31)29(22)11-10-28-9-8-17(23(30)15-28)4-2-16-3-5-19(25)20(26)12-16/h3,5-7,12-14,17,23,30H,2,4,8-11,15H2,1H3/t17-,23+/m0/s1. The number of ether oxygens (including phenoxy) is 1. The summed E-state index contributed by atoms with van der Waals surface area (Å²) in [5.74, 6) is 0.865. The third-order valence-electron chi connectivity index (χ3n) is 6.28. The Morgan fingerprint density at radius 1 is 1.16 bits per heavy atom. The van der Waals surface area contributed by atoms with Crippen molar-refractivity contribution in [3.05, 3.63) is 68.6 Å². The Kier molecular flexibility index (Phi) is 7.36. The minimum absolute atomic E-state index is 0.0652. The number of aliphatic hydroxyl groups excluding tert-OH is 1. The average Bonchev–Trinajstić information content (AvgIpc) is 2.79. The zero-order chi connectivity index (χ0) is 22.7. The van der Waals surface area contributed by atoms with Crippen LogP contribution in [0.2, 0.25) is 10.0 Å². The second-order valence-corrected chi connectivity index (χ2v) is 9.12. The van der Waals surface area contributed by atoms with E-state index in [-0.39, 0.29) is 11.5 Å². The lowest BCUT2D eigenvalue weighted by molar-refractivity contribution is 0.0175. The number of fused-ring (bicyclic) bond motifs is 1. The van der Waals surface area contributed by atoms with Crippen LogP contribution in [0.5, 0.6) is 5.75 Å². The third kappa shape index (κ3) is 5.26. The van der Waals surface area contributed by atoms with Gasteiger partial charge >= 0.3 is 0 Å². The van der Waals surface area contributed by atoms with Gasteiger partial charge in [0.2, 0.25) is 0 Å². The Balaban J connectivity index is 1.35. The van der Waals surface area contributed by atoms with E-state index in [9.17, 15) is 9.90 Å². The van der Waals surface area contributed by atoms with E-state index in [4.69, 9.17) is 27.9 Å². The Labute approximate surface area is 197 Å². The van der Waals surface area contributed by atoms with Gasteiger partial charge in [-0.05, 0) is 55.5 Å². The maximum atomic E-state index is 12.5. The smallest absolute Gasteiger partial charge is 0.251 e. The third-order valence-corrected chi connectivity index (χ3v) is 7.02. The number of rotatable bonds is 7. The van der Waals surface area contributed by atoms with Crippen LogP contribution < -0.4 is 10.3 Å². The van der Waals surface area contributed by atoms with Gasteiger partial charge in [0.25, 0.3) is 5.56 Å². The Hall–Kier alpha value is -2.12. The molecular weight excluding hydrogens is 449 g/mol. The normalized spacial score (nSPS) is 19.4. The molecule has 0 unspecified atom stereocenters. The lowest BCUT2D eigenvalue weighted by Gasteiger charge is -2.36. The molecule has 32 heavy (non-hydrogen) atoms. The van der Waals surface area contributed by atoms with Crippen molar-refractivity contribution in [3.8, 4) is 5.75 Å². The molecule has 0 amide bonds. The first-order chi connectivity index (χ1) is 15.4. The number of benzene rings is 1. The van der Waals surface area contributed by atoms with E-state index in [0.717, 1.165) is 42.4 Å². The summed E-state index contributed by atoms with van der Waals surface area (Å²) in [7, 11) is 1.58. The lowest BCUT2D eigenvalue weighted by Crippen LogP contribution is -2.45. The van der Waals surface area contributed by atoms with Crippen LogP contribution in [-0.2, 0) is 13.0 Å². The summed E-state index contributed by atoms with van der Waals surface area (Å²) in [4.78, 5) is 19.1. The van der Waals surface area contributed by atoms with Crippen LogP contribution >= 0.6 is 23.2 Å². The van der Waals surface area contributed by atoms with Crippen molar-refractivity contribution < 1.29 is 9.84 Å². The number of methoxy groups -OCH3 is 1. The van der Waals surface area contributed by atoms with Crippen LogP contribution in [0.15, 0.2) is 47.4 Å². The maximum Gasteiger partial charge on any atom is 0.251 e. The largest absolute Gasteiger partial charge is 0.495 e. The van der Waals surface area contributed by atoms with Gasteiger partial charge in [-0.15, -0.1) is 0 Å². The summed E-state index contributed by atoms with van der Waals surface area (Å²) >= 11 is 12.1. The van der Waals surface area contributed by atoms with Crippen LogP contribution in [-0.4, -0.2) is 52.4 Å². The fourth-order valence-electron chi connectivity index (χ4n) is 4.37. The quantitative estimate of drug-likeness (QED) is 0.558. The molecule has 1 N–H and O–H groups in total. The van der Waals surface area contributed by atoms with Crippen LogP contribution in [0.25, 0.3) is 11.0 Å². The Morgan fingerprint density at radius 2 is 2.00 bits per heavy atom. The number of halogens is 2. The van der Waals surface area contributed by atoms with Gasteiger partial charge in [0.1, 0.15) is 5.75 Å². The van der Waals surface area contributed by atoms with Crippen molar-refractivity contribution in [1.29, 1.82) is 0 Å². The highest BCUT2D eigenvalue weighted by Crippen LogP contribution is 2.27. The fourth-order valence-corrected chi connectivity index (χ4v) is 4.69. The van der Waals surface area contributed by atoms with Crippen molar-refractivity contribution in [1.82, 2.24) is 14.5 Å². The predicted molar refractivity (Wildman–Crippen MR) is 128 cm³/mol. The Morgan fingerprint density at radius 3 is 2.75 bits per heavy atom. The molecule has 0 radical (unpaired) electrons. The van der Waals surface area contributed by atoms with Crippen LogP contribution in [0.3, 0.4) is 0 Å². The minimum Gasteiger partial charge on any atom is -0.495 e. The van der Waals surface area contributed by atoms with Crippen LogP contribution in [0, 0.1) is 5.92 Å². The highest BCUT2D eigenvalue weighted by molar-refractivity contribution is 6.42. The summed E-state index contributed by atoms with van der Waals surface area (Å²) in [5, 5.41) is 11.8. The maximum absolute atomic E-state index is 12.5. The second-order valence-electron chi connectivity index (χ2n) is 8.31. The lowest BCUT2D eigenvalue weighted by atomic mass is 9.88. The number of pyridine rings is 2. The number of piperidine rings is 1. The van der Waals surface area contributed by atoms with Gasteiger partial charge in [0.15, 0.2) is 0 Å². The van der Waals surface area contributed by atoms with Crippen LogP contribution in [0.1, 0.15) is 18.4 Å². The van der Waals surface area contributed by atoms with Crippen molar-refractivity contribution in [3.63, 3.8) is 0 Å². The molecule has 1 aliphatic rings. The molecule has 4 rings (SSSR count). The first kappa shape index (κ1) is 23.1. The van der Waals surface area contributed by atoms with E-state index in [1.807, 2.05) is 24.3 Å². The minimum atomic E-state index is -0.391. The molecule has 3 aromatic rings. The SMILES string of the molecule is COc1cnc2ccc(=O)n(CCN3CC[C@H](CCc4ccc(Cl)c(Cl)c4)[C@H](O)C3)c2c1. The highest BCUT2D eigenvalue weighted by Gasteiger charge is 2.27. The molecule has 2 atom stereocenters. The fraction of sp³-hybridized carbons (Fsp3) is 0.417. The van der Waals surface area contributed by atoms with Gasteiger partial charge in [0, 0.05) is 31.8 Å². The number of hydrogen-bond donors (Lipinski definition) is 1. The number of aliphatic hydroxyl groups is 1. The molecule has 2 aromatic heterocycles. The molecule has 1 fully saturated rings. The predicted octanol–water partition coefficient (Wildman–Crippen LogP) is 4.03. The molecule has 170 valence electrons. The number of β-amino-alcohol motifs (C(OH)–C–C–N with tert-alkyl or cyclic N) is 1. The monoisotopic (exact) mass is 475 g/mol. The first-order valence-corrected chi connectivity index (χ1v) is 11.6. The summed E-state index contributed by atoms with van der Waals surface area (Å²) in [6.07, 6.45) is 3.94. The van der Waals surface area contributed by atoms with Gasteiger partial charge in [0.05, 0.1) is 40.5 Å². The van der Waals surface area contributed by atoms with Gasteiger partial charge in [-0.3, -0.25) is 14.7 Å². The van der Waals surface area contributed by atoms with Gasteiger partial charge in [-0.1, -0.05) is 29.3 Å². The van der Waals surface area contributed by atoms with Crippen molar-refractivity contribution >= 4 is 34.2 Å². The summed E-state index contributed by atoms with van der Waals surface area (Å²) in [6.45, 7) is 2.72. The zero-order valence-corrected chi connectivity index (χ0v) is 19.5. The molecule has 1 saturated heterocycles. The number of likely N-dealkylation sites (tertiary alicyclic amines) is 1. The molecule has 0 aliphatic carbocycles. The van der Waals surface area contributed by atoms with Gasteiger partial charge in [-0.2, -0.15) is 0 Å². The van der Waals surface area contributed by atoms with Crippen molar-refractivity contribution in [2.75, 3.05) is 26.7 Å². The average molecular weight is 476 g/mol. The molecule has 8 heteroatoms. The summed E-state index contributed by atoms with van der Waals surface area (Å²) in [6, 6.07) is 10.8. The van der Waals surface area contributed by atoms with Crippen LogP contribution in [0.4, 0.5) is 0 Å². The molecule has 0 bridgehead atoms. The van der Waals surface area contributed by atoms with E-state index in [2.05, 4.69) is 9.88 Å². The number of hydrogen-bond acceptors (Lipinski definition) is 5. The molecule has 0 spiro atoms. The Bertz CT molecular complexity index is 1150. The molecule has 1 aromatic carbocycles. The molecule has 6 nitrogen and oxygen atoms in total. The number of aromatic nitrogens is 2. The zero-order valence-electron chi connectivity index (χ0n) is 18.0. The molecule has 1 aliphatic heterocycles. The van der Waals surface area contributed by atoms with E-state index in [0.29, 0.717) is 35.4 Å². The van der Waals surface area contributed by atoms with E-state index in [1.165, 1.54) is 0 Å². The molecule has 3 heterocycles. The van der Waals surface area contributed by atoms with E-state index < -0.39 is 6.10 Å². The topological polar surface area (TPSA) is 67.6 Å². The van der Waals surface area contributed by atoms with Crippen molar-refractivity contribution in [2.45, 2.75) is 31.9 Å². The second kappa shape index (κ2) is 10.2. The van der Waals surface area contributed by atoms with E-state index in [1.54, 1.807) is 30.0 Å². The molecule has 0 saturated carbocycles. The summed E-state index contributed by atoms with van der Waals surface area (Å²) < 4.78 is 7.00. The highest BCUT2D eigenvalue weighted by atomic mass is 35.5. The van der Waals surface area contributed by atoms with Gasteiger partial charge in [-0.25, -0.2) is 0 Å².